The topological polar surface area (TPSA) is 93.0 Å². The molecule has 1 atom stereocenters. The van der Waals surface area contributed by atoms with Crippen LogP contribution in [0.1, 0.15) is 50.2 Å². The van der Waals surface area contributed by atoms with Gasteiger partial charge in [0, 0.05) is 0 Å². The number of aromatic nitrogens is 4. The van der Waals surface area contributed by atoms with E-state index in [9.17, 15) is 22.8 Å². The monoisotopic (exact) mass is 472 g/mol. The number of rotatable bonds is 4. The lowest BCUT2D eigenvalue weighted by Crippen LogP contribution is -2.41. The van der Waals surface area contributed by atoms with Crippen molar-refractivity contribution in [1.82, 2.24) is 30.4 Å². The minimum Gasteiger partial charge on any atom is -0.319 e. The van der Waals surface area contributed by atoms with Crippen molar-refractivity contribution in [2.45, 2.75) is 51.4 Å². The highest BCUT2D eigenvalue weighted by molar-refractivity contribution is 6.07. The number of nitrogens with zero attached hydrogens (tertiary/aromatic N) is 5. The lowest BCUT2D eigenvalue weighted by molar-refractivity contribution is -0.137. The first kappa shape index (κ1) is 23.4. The number of hydrogen-bond donors (Lipinski definition) is 1. The van der Waals surface area contributed by atoms with Crippen molar-refractivity contribution in [3.8, 4) is 5.69 Å². The van der Waals surface area contributed by atoms with Crippen LogP contribution in [-0.2, 0) is 28.5 Å². The molecule has 11 heteroatoms. The van der Waals surface area contributed by atoms with Crippen LogP contribution in [0.2, 0.25) is 0 Å². The number of urea groups is 1. The normalized spacial score (nSPS) is 19.0. The van der Waals surface area contributed by atoms with Gasteiger partial charge >= 0.3 is 12.2 Å². The van der Waals surface area contributed by atoms with Crippen molar-refractivity contribution in [3.63, 3.8) is 0 Å². The van der Waals surface area contributed by atoms with Gasteiger partial charge in [0.15, 0.2) is 5.82 Å². The van der Waals surface area contributed by atoms with Crippen molar-refractivity contribution >= 4 is 11.9 Å². The maximum atomic E-state index is 13.3. The number of nitrogens with one attached hydrogen (secondary N) is 1. The molecule has 0 spiro atoms. The average Bonchev–Trinajstić information content (AvgIpc) is 3.32. The van der Waals surface area contributed by atoms with E-state index in [-0.39, 0.29) is 23.5 Å². The fourth-order valence-corrected chi connectivity index (χ4v) is 3.78. The summed E-state index contributed by atoms with van der Waals surface area (Å²) in [7, 11) is 0. The Bertz CT molecular complexity index is 1230. The maximum absolute atomic E-state index is 13.3. The summed E-state index contributed by atoms with van der Waals surface area (Å²) in [5.74, 6) is -0.362. The van der Waals surface area contributed by atoms with Gasteiger partial charge in [-0.3, -0.25) is 9.69 Å². The second kappa shape index (κ2) is 7.93. The van der Waals surface area contributed by atoms with E-state index in [0.29, 0.717) is 5.56 Å². The molecule has 1 saturated heterocycles. The van der Waals surface area contributed by atoms with Gasteiger partial charge in [-0.1, -0.05) is 45.0 Å². The third-order valence-electron chi connectivity index (χ3n) is 5.88. The molecule has 1 aliphatic rings. The van der Waals surface area contributed by atoms with Crippen LogP contribution in [0.25, 0.3) is 5.69 Å². The Morgan fingerprint density at radius 1 is 0.941 bits per heavy atom. The summed E-state index contributed by atoms with van der Waals surface area (Å²) in [4.78, 5) is 27.0. The SMILES string of the molecule is CC(C)(C)c1ccc(C2(C)NC(=O)N(Cc3nnnn3-c3ccc(C(F)(F)F)cc3)C2=O)cc1. The van der Waals surface area contributed by atoms with E-state index in [1.54, 1.807) is 6.92 Å². The van der Waals surface area contributed by atoms with Crippen LogP contribution in [0, 0.1) is 0 Å². The highest BCUT2D eigenvalue weighted by atomic mass is 19.4. The molecule has 3 aromatic rings. The van der Waals surface area contributed by atoms with E-state index in [1.807, 2.05) is 24.3 Å². The summed E-state index contributed by atoms with van der Waals surface area (Å²) in [5.41, 5.74) is -0.175. The van der Waals surface area contributed by atoms with Crippen molar-refractivity contribution < 1.29 is 22.8 Å². The molecule has 2 heterocycles. The van der Waals surface area contributed by atoms with Gasteiger partial charge in [0.2, 0.25) is 0 Å². The number of halogens is 3. The van der Waals surface area contributed by atoms with Crippen LogP contribution in [0.4, 0.5) is 18.0 Å². The van der Waals surface area contributed by atoms with Crippen LogP contribution in [0.5, 0.6) is 0 Å². The Morgan fingerprint density at radius 3 is 2.09 bits per heavy atom. The van der Waals surface area contributed by atoms with Crippen molar-refractivity contribution in [2.24, 2.45) is 0 Å². The first-order valence-electron chi connectivity index (χ1n) is 10.5. The highest BCUT2D eigenvalue weighted by Crippen LogP contribution is 2.32. The maximum Gasteiger partial charge on any atom is 0.416 e. The molecule has 0 saturated carbocycles. The summed E-state index contributed by atoms with van der Waals surface area (Å²) in [5, 5.41) is 14.0. The number of hydrogen-bond acceptors (Lipinski definition) is 5. The Labute approximate surface area is 193 Å². The fraction of sp³-hybridized carbons (Fsp3) is 0.348. The van der Waals surface area contributed by atoms with E-state index in [0.717, 1.165) is 22.6 Å². The third kappa shape index (κ3) is 4.13. The van der Waals surface area contributed by atoms with Crippen LogP contribution in [0.15, 0.2) is 48.5 Å². The second-order valence-electron chi connectivity index (χ2n) is 9.33. The summed E-state index contributed by atoms with van der Waals surface area (Å²) >= 11 is 0. The number of tetrazole rings is 1. The van der Waals surface area contributed by atoms with Gasteiger partial charge in [0.25, 0.3) is 5.91 Å². The predicted octanol–water partition coefficient (Wildman–Crippen LogP) is 3.95. The number of carbonyl (C=O) groups is 2. The Morgan fingerprint density at radius 2 is 1.53 bits per heavy atom. The first-order chi connectivity index (χ1) is 15.8. The molecule has 4 rings (SSSR count). The number of carbonyl (C=O) groups excluding carboxylic acids is 2. The lowest BCUT2D eigenvalue weighted by Gasteiger charge is -2.24. The second-order valence-corrected chi connectivity index (χ2v) is 9.33. The summed E-state index contributed by atoms with van der Waals surface area (Å²) in [6.07, 6.45) is -4.47. The molecule has 2 aromatic carbocycles. The number of benzene rings is 2. The highest BCUT2D eigenvalue weighted by Gasteiger charge is 2.49. The fourth-order valence-electron chi connectivity index (χ4n) is 3.78. The Hall–Kier alpha value is -3.76. The molecule has 3 amide bonds. The molecule has 0 bridgehead atoms. The van der Waals surface area contributed by atoms with Gasteiger partial charge in [-0.25, -0.2) is 4.79 Å². The van der Waals surface area contributed by atoms with Gasteiger partial charge in [0.05, 0.1) is 17.8 Å². The molecule has 1 aromatic heterocycles. The molecular weight excluding hydrogens is 449 g/mol. The van der Waals surface area contributed by atoms with Gasteiger partial charge < -0.3 is 5.32 Å². The quantitative estimate of drug-likeness (QED) is 0.581. The molecule has 1 aliphatic heterocycles. The van der Waals surface area contributed by atoms with Crippen LogP contribution >= 0.6 is 0 Å². The molecule has 1 N–H and O–H groups in total. The number of alkyl halides is 3. The smallest absolute Gasteiger partial charge is 0.319 e. The van der Waals surface area contributed by atoms with Crippen LogP contribution in [-0.4, -0.2) is 37.0 Å². The summed E-state index contributed by atoms with van der Waals surface area (Å²) < 4.78 is 39.8. The zero-order valence-corrected chi connectivity index (χ0v) is 19.0. The van der Waals surface area contributed by atoms with Crippen molar-refractivity contribution in [2.75, 3.05) is 0 Å². The van der Waals surface area contributed by atoms with Gasteiger partial charge in [-0.15, -0.1) is 5.10 Å². The van der Waals surface area contributed by atoms with Gasteiger partial charge in [0.1, 0.15) is 5.54 Å². The van der Waals surface area contributed by atoms with E-state index in [4.69, 9.17) is 0 Å². The molecule has 1 fully saturated rings. The number of amides is 3. The Balaban J connectivity index is 1.58. The van der Waals surface area contributed by atoms with Gasteiger partial charge in [-0.05, 0) is 58.2 Å². The average molecular weight is 472 g/mol. The van der Waals surface area contributed by atoms with Crippen molar-refractivity contribution in [3.05, 3.63) is 71.0 Å². The molecule has 34 heavy (non-hydrogen) atoms. The van der Waals surface area contributed by atoms with Crippen LogP contribution in [0.3, 0.4) is 0 Å². The minimum absolute atomic E-state index is 0.0657. The van der Waals surface area contributed by atoms with E-state index in [2.05, 4.69) is 41.6 Å². The van der Waals surface area contributed by atoms with Crippen molar-refractivity contribution in [1.29, 1.82) is 0 Å². The summed E-state index contributed by atoms with van der Waals surface area (Å²) in [6.45, 7) is 7.60. The van der Waals surface area contributed by atoms with Crippen LogP contribution < -0.4 is 5.32 Å². The van der Waals surface area contributed by atoms with E-state index in [1.165, 1.54) is 16.8 Å². The molecule has 8 nitrogen and oxygen atoms in total. The van der Waals surface area contributed by atoms with Gasteiger partial charge in [-0.2, -0.15) is 17.9 Å². The zero-order chi connectivity index (χ0) is 24.9. The predicted molar refractivity (Wildman–Crippen MR) is 116 cm³/mol. The molecular formula is C23H23F3N6O2. The standard InChI is InChI=1S/C23H23F3N6O2/c1-21(2,3)14-5-7-15(8-6-14)22(4)19(33)31(20(34)27-22)13-18-28-29-30-32(18)17-11-9-16(10-12-17)23(24,25)26/h5-12H,13H2,1-4H3,(H,27,34). The first-order valence-corrected chi connectivity index (χ1v) is 10.5. The van der Waals surface area contributed by atoms with E-state index < -0.39 is 29.2 Å². The summed E-state index contributed by atoms with van der Waals surface area (Å²) in [6, 6.07) is 11.1. The zero-order valence-electron chi connectivity index (χ0n) is 19.0. The third-order valence-corrected chi connectivity index (χ3v) is 5.88. The molecule has 1 unspecified atom stereocenters. The lowest BCUT2D eigenvalue weighted by atomic mass is 9.84. The number of imide groups is 1. The van der Waals surface area contributed by atoms with E-state index >= 15 is 0 Å². The molecule has 0 aliphatic carbocycles. The largest absolute Gasteiger partial charge is 0.416 e. The molecule has 0 radical (unpaired) electrons. The minimum atomic E-state index is -4.47. The Kier molecular flexibility index (Phi) is 5.46. The molecule has 178 valence electrons.